The third kappa shape index (κ3) is 3.51. The Kier molecular flexibility index (Phi) is 4.92. The summed E-state index contributed by atoms with van der Waals surface area (Å²) in [6, 6.07) is 0.314. The maximum absolute atomic E-state index is 12.6. The van der Waals surface area contributed by atoms with Gasteiger partial charge in [-0.2, -0.15) is 17.0 Å². The zero-order valence-electron chi connectivity index (χ0n) is 15.1. The highest BCUT2D eigenvalue weighted by Gasteiger charge is 2.39. The zero-order valence-corrected chi connectivity index (χ0v) is 16.8. The third-order valence-corrected chi connectivity index (χ3v) is 8.83. The molecule has 0 saturated carbocycles. The van der Waals surface area contributed by atoms with Crippen molar-refractivity contribution in [3.8, 4) is 0 Å². The molecule has 2 bridgehead atoms. The molecule has 140 valence electrons. The van der Waals surface area contributed by atoms with Crippen LogP contribution in [0.2, 0.25) is 0 Å². The first-order valence-electron chi connectivity index (χ1n) is 9.32. The number of hydrogen-bond donors (Lipinski definition) is 0. The lowest BCUT2D eigenvalue weighted by Crippen LogP contribution is -2.45. The zero-order chi connectivity index (χ0) is 17.6. The van der Waals surface area contributed by atoms with Crippen LogP contribution in [0.4, 0.5) is 0 Å². The van der Waals surface area contributed by atoms with Crippen molar-refractivity contribution in [2.24, 2.45) is 5.92 Å². The smallest absolute Gasteiger partial charge is 0.281 e. The Labute approximate surface area is 155 Å². The number of aromatic nitrogens is 1. The molecule has 3 fully saturated rings. The first-order chi connectivity index (χ1) is 11.9. The molecule has 0 aromatic carbocycles. The lowest BCUT2D eigenvalue weighted by molar-refractivity contribution is 0.125. The van der Waals surface area contributed by atoms with Crippen molar-refractivity contribution in [3.05, 3.63) is 15.6 Å². The van der Waals surface area contributed by atoms with Crippen LogP contribution in [0.1, 0.15) is 41.3 Å². The molecule has 4 heterocycles. The summed E-state index contributed by atoms with van der Waals surface area (Å²) < 4.78 is 28.2. The maximum Gasteiger partial charge on any atom is 0.281 e. The average molecular weight is 385 g/mol. The van der Waals surface area contributed by atoms with E-state index in [0.29, 0.717) is 25.0 Å². The van der Waals surface area contributed by atoms with Crippen LogP contribution in [0.5, 0.6) is 0 Å². The third-order valence-electron chi connectivity index (χ3n) is 5.81. The van der Waals surface area contributed by atoms with Gasteiger partial charge >= 0.3 is 0 Å². The molecule has 3 saturated heterocycles. The molecule has 4 aliphatic rings. The Bertz CT molecular complexity index is 708. The van der Waals surface area contributed by atoms with E-state index in [2.05, 4.69) is 4.90 Å². The fraction of sp³-hybridized carbons (Fsp3) is 0.824. The van der Waals surface area contributed by atoms with Gasteiger partial charge in [0.25, 0.3) is 10.2 Å². The van der Waals surface area contributed by atoms with E-state index in [1.807, 2.05) is 11.3 Å². The highest BCUT2D eigenvalue weighted by Crippen LogP contribution is 2.33. The van der Waals surface area contributed by atoms with E-state index in [1.54, 1.807) is 18.4 Å². The van der Waals surface area contributed by atoms with Gasteiger partial charge in [-0.1, -0.05) is 0 Å². The van der Waals surface area contributed by atoms with Crippen LogP contribution in [0.15, 0.2) is 0 Å². The van der Waals surface area contributed by atoms with Gasteiger partial charge in [0.1, 0.15) is 5.01 Å². The summed E-state index contributed by atoms with van der Waals surface area (Å²) in [5, 5.41) is 1.22. The highest BCUT2D eigenvalue weighted by molar-refractivity contribution is 7.86. The Morgan fingerprint density at radius 2 is 1.96 bits per heavy atom. The van der Waals surface area contributed by atoms with Crippen molar-refractivity contribution in [1.29, 1.82) is 0 Å². The van der Waals surface area contributed by atoms with E-state index in [4.69, 9.17) is 4.98 Å². The average Bonchev–Trinajstić information content (AvgIpc) is 2.74. The van der Waals surface area contributed by atoms with Gasteiger partial charge in [-0.05, 0) is 44.4 Å². The Morgan fingerprint density at radius 3 is 2.72 bits per heavy atom. The number of fused-ring (bicyclic) bond motifs is 5. The van der Waals surface area contributed by atoms with Gasteiger partial charge in [0.2, 0.25) is 0 Å². The van der Waals surface area contributed by atoms with Crippen molar-refractivity contribution in [1.82, 2.24) is 18.5 Å². The van der Waals surface area contributed by atoms with Crippen LogP contribution in [-0.4, -0.2) is 66.7 Å². The normalized spacial score (nSPS) is 28.3. The molecule has 25 heavy (non-hydrogen) atoms. The first kappa shape index (κ1) is 17.9. The summed E-state index contributed by atoms with van der Waals surface area (Å²) in [4.78, 5) is 8.87. The largest absolute Gasteiger partial charge is 0.292 e. The van der Waals surface area contributed by atoms with Gasteiger partial charge in [0, 0.05) is 44.6 Å². The number of thiazole rings is 1. The molecule has 3 aliphatic heterocycles. The second-order valence-corrected chi connectivity index (χ2v) is 11.1. The lowest BCUT2D eigenvalue weighted by Gasteiger charge is -2.35. The fourth-order valence-corrected chi connectivity index (χ4v) is 6.80. The van der Waals surface area contributed by atoms with Crippen LogP contribution in [0.3, 0.4) is 0 Å². The highest BCUT2D eigenvalue weighted by atomic mass is 32.2. The summed E-state index contributed by atoms with van der Waals surface area (Å²) in [6.07, 6.45) is 7.10. The van der Waals surface area contributed by atoms with Crippen molar-refractivity contribution in [2.75, 3.05) is 33.7 Å². The number of rotatable bonds is 4. The molecule has 2 atom stereocenters. The van der Waals surface area contributed by atoms with Crippen molar-refractivity contribution >= 4 is 21.5 Å². The molecular formula is C17H28N4O2S2. The second-order valence-electron chi connectivity index (χ2n) is 7.82. The van der Waals surface area contributed by atoms with E-state index in [0.717, 1.165) is 32.4 Å². The summed E-state index contributed by atoms with van der Waals surface area (Å²) in [5.41, 5.74) is 1.32. The van der Waals surface area contributed by atoms with E-state index < -0.39 is 10.2 Å². The monoisotopic (exact) mass is 384 g/mol. The molecule has 0 radical (unpaired) electrons. The number of aryl methyl sites for hydroxylation is 2. The van der Waals surface area contributed by atoms with E-state index >= 15 is 0 Å². The van der Waals surface area contributed by atoms with Gasteiger partial charge in [-0.15, -0.1) is 11.3 Å². The van der Waals surface area contributed by atoms with Crippen LogP contribution in [0.25, 0.3) is 0 Å². The standard InChI is InChI=1S/C17H28N4O2S2/c1-19(2)25(22,23)21-10-13-7-8-14(11-21)20(9-13)12-17-18-15-5-3-4-6-16(15)24-17/h13-14H,3-12H2,1-2H3/t13-,14-/m1/s1. The Hall–Kier alpha value is -0.540. The van der Waals surface area contributed by atoms with E-state index in [9.17, 15) is 8.42 Å². The summed E-state index contributed by atoms with van der Waals surface area (Å²) in [5.74, 6) is 0.433. The molecule has 0 unspecified atom stereocenters. The van der Waals surface area contributed by atoms with Gasteiger partial charge in [-0.3, -0.25) is 4.90 Å². The minimum absolute atomic E-state index is 0.314. The van der Waals surface area contributed by atoms with Crippen molar-refractivity contribution in [3.63, 3.8) is 0 Å². The molecule has 5 rings (SSSR count). The number of nitrogens with zero attached hydrogens (tertiary/aromatic N) is 4. The topological polar surface area (TPSA) is 56.8 Å². The van der Waals surface area contributed by atoms with Gasteiger partial charge in [0.15, 0.2) is 0 Å². The molecule has 0 spiro atoms. The minimum atomic E-state index is -3.32. The molecule has 8 heteroatoms. The molecule has 0 amide bonds. The van der Waals surface area contributed by atoms with Crippen LogP contribution in [0, 0.1) is 5.92 Å². The minimum Gasteiger partial charge on any atom is -0.292 e. The van der Waals surface area contributed by atoms with Gasteiger partial charge in [0.05, 0.1) is 12.2 Å². The predicted molar refractivity (Wildman–Crippen MR) is 99.9 cm³/mol. The van der Waals surface area contributed by atoms with Crippen LogP contribution >= 0.6 is 11.3 Å². The molecule has 1 aromatic heterocycles. The van der Waals surface area contributed by atoms with Crippen molar-refractivity contribution in [2.45, 2.75) is 51.1 Å². The van der Waals surface area contributed by atoms with Crippen LogP contribution in [-0.2, 0) is 29.6 Å². The van der Waals surface area contributed by atoms with E-state index in [-0.39, 0.29) is 0 Å². The molecule has 0 N–H and O–H groups in total. The summed E-state index contributed by atoms with van der Waals surface area (Å²) in [6.45, 7) is 3.15. The molecule has 6 nitrogen and oxygen atoms in total. The van der Waals surface area contributed by atoms with Gasteiger partial charge in [-0.25, -0.2) is 4.98 Å². The molecule has 1 aliphatic carbocycles. The fourth-order valence-electron chi connectivity index (χ4n) is 4.40. The Balaban J connectivity index is 1.50. The second kappa shape index (κ2) is 6.88. The van der Waals surface area contributed by atoms with E-state index in [1.165, 1.54) is 39.1 Å². The SMILES string of the molecule is CN(C)S(=O)(=O)N1C[C@@H]2CC[C@H](C1)N(Cc1nc3c(s1)CCCC3)C2. The quantitative estimate of drug-likeness (QED) is 0.793. The maximum atomic E-state index is 12.6. The first-order valence-corrected chi connectivity index (χ1v) is 11.5. The number of piperidine rings is 1. The Morgan fingerprint density at radius 1 is 1.16 bits per heavy atom. The van der Waals surface area contributed by atoms with Crippen LogP contribution < -0.4 is 0 Å². The van der Waals surface area contributed by atoms with Crippen molar-refractivity contribution < 1.29 is 8.42 Å². The molecular weight excluding hydrogens is 356 g/mol. The summed E-state index contributed by atoms with van der Waals surface area (Å²) in [7, 11) is -0.0707. The van der Waals surface area contributed by atoms with Gasteiger partial charge < -0.3 is 0 Å². The lowest BCUT2D eigenvalue weighted by atomic mass is 9.95. The number of hydrogen-bond acceptors (Lipinski definition) is 5. The summed E-state index contributed by atoms with van der Waals surface area (Å²) >= 11 is 1.88. The predicted octanol–water partition coefficient (Wildman–Crippen LogP) is 1.72. The molecule has 1 aromatic rings.